The van der Waals surface area contributed by atoms with Crippen LogP contribution in [0.15, 0.2) is 24.3 Å². The van der Waals surface area contributed by atoms with Gasteiger partial charge in [-0.3, -0.25) is 9.48 Å². The molecule has 0 unspecified atom stereocenters. The molecule has 1 aromatic carbocycles. The SMILES string of the molecule is Cn1nc(C(=O)CCC2CC2)c2ccccc21. The van der Waals surface area contributed by atoms with Gasteiger partial charge < -0.3 is 0 Å². The Bertz CT molecular complexity index is 567. The lowest BCUT2D eigenvalue weighted by Gasteiger charge is -1.96. The number of carbonyl (C=O) groups excluding carboxylic acids is 1. The van der Waals surface area contributed by atoms with Gasteiger partial charge in [0, 0.05) is 18.9 Å². The number of para-hydroxylation sites is 1. The van der Waals surface area contributed by atoms with Crippen LogP contribution in [-0.2, 0) is 7.05 Å². The monoisotopic (exact) mass is 228 g/mol. The molecule has 0 bridgehead atoms. The molecule has 0 atom stereocenters. The van der Waals surface area contributed by atoms with Crippen molar-refractivity contribution < 1.29 is 4.79 Å². The van der Waals surface area contributed by atoms with Crippen molar-refractivity contribution in [3.63, 3.8) is 0 Å². The van der Waals surface area contributed by atoms with E-state index in [0.717, 1.165) is 23.2 Å². The minimum Gasteiger partial charge on any atom is -0.292 e. The normalized spacial score (nSPS) is 15.4. The van der Waals surface area contributed by atoms with Gasteiger partial charge >= 0.3 is 0 Å². The summed E-state index contributed by atoms with van der Waals surface area (Å²) in [6.45, 7) is 0. The van der Waals surface area contributed by atoms with E-state index in [1.54, 1.807) is 4.68 Å². The highest BCUT2D eigenvalue weighted by Crippen LogP contribution is 2.34. The molecule has 88 valence electrons. The van der Waals surface area contributed by atoms with Crippen molar-refractivity contribution in [1.82, 2.24) is 9.78 Å². The maximum absolute atomic E-state index is 12.1. The Morgan fingerprint density at radius 2 is 2.18 bits per heavy atom. The van der Waals surface area contributed by atoms with E-state index in [1.807, 2.05) is 31.3 Å². The first-order chi connectivity index (χ1) is 8.25. The fraction of sp³-hybridized carbons (Fsp3) is 0.429. The number of carbonyl (C=O) groups is 1. The van der Waals surface area contributed by atoms with Crippen LogP contribution in [0, 0.1) is 5.92 Å². The number of fused-ring (bicyclic) bond motifs is 1. The molecule has 1 heterocycles. The first-order valence-corrected chi connectivity index (χ1v) is 6.20. The summed E-state index contributed by atoms with van der Waals surface area (Å²) in [6, 6.07) is 7.91. The van der Waals surface area contributed by atoms with Gasteiger partial charge in [0.25, 0.3) is 0 Å². The largest absolute Gasteiger partial charge is 0.292 e. The quantitative estimate of drug-likeness (QED) is 0.754. The molecule has 0 amide bonds. The van der Waals surface area contributed by atoms with E-state index >= 15 is 0 Å². The van der Waals surface area contributed by atoms with E-state index in [4.69, 9.17) is 0 Å². The molecule has 0 radical (unpaired) electrons. The van der Waals surface area contributed by atoms with Crippen LogP contribution < -0.4 is 0 Å². The lowest BCUT2D eigenvalue weighted by Crippen LogP contribution is -2.02. The van der Waals surface area contributed by atoms with Gasteiger partial charge in [0.15, 0.2) is 5.78 Å². The van der Waals surface area contributed by atoms with Gasteiger partial charge in [-0.15, -0.1) is 0 Å². The second-order valence-corrected chi connectivity index (χ2v) is 4.89. The summed E-state index contributed by atoms with van der Waals surface area (Å²) in [5.74, 6) is 0.989. The summed E-state index contributed by atoms with van der Waals surface area (Å²) < 4.78 is 1.79. The topological polar surface area (TPSA) is 34.9 Å². The first kappa shape index (κ1) is 10.5. The Balaban J connectivity index is 1.90. The maximum Gasteiger partial charge on any atom is 0.183 e. The molecule has 1 aliphatic rings. The zero-order valence-electron chi connectivity index (χ0n) is 10.0. The van der Waals surface area contributed by atoms with E-state index in [2.05, 4.69) is 5.10 Å². The maximum atomic E-state index is 12.1. The van der Waals surface area contributed by atoms with Crippen LogP contribution in [0.2, 0.25) is 0 Å². The van der Waals surface area contributed by atoms with E-state index in [0.29, 0.717) is 12.1 Å². The smallest absolute Gasteiger partial charge is 0.183 e. The Morgan fingerprint density at radius 1 is 1.41 bits per heavy atom. The Kier molecular flexibility index (Phi) is 2.46. The van der Waals surface area contributed by atoms with Gasteiger partial charge in [-0.1, -0.05) is 31.0 Å². The summed E-state index contributed by atoms with van der Waals surface area (Å²) in [7, 11) is 1.89. The van der Waals surface area contributed by atoms with Crippen LogP contribution in [0.25, 0.3) is 10.9 Å². The lowest BCUT2D eigenvalue weighted by atomic mass is 10.1. The number of hydrogen-bond donors (Lipinski definition) is 0. The summed E-state index contributed by atoms with van der Waals surface area (Å²) in [5.41, 5.74) is 1.67. The van der Waals surface area contributed by atoms with Crippen LogP contribution >= 0.6 is 0 Å². The molecule has 1 saturated carbocycles. The zero-order chi connectivity index (χ0) is 11.8. The number of rotatable bonds is 4. The van der Waals surface area contributed by atoms with Gasteiger partial charge in [0.1, 0.15) is 5.69 Å². The molecule has 17 heavy (non-hydrogen) atoms. The van der Waals surface area contributed by atoms with Crippen molar-refractivity contribution in [1.29, 1.82) is 0 Å². The molecule has 0 saturated heterocycles. The lowest BCUT2D eigenvalue weighted by molar-refractivity contribution is 0.0974. The third kappa shape index (κ3) is 1.97. The number of benzene rings is 1. The van der Waals surface area contributed by atoms with Crippen molar-refractivity contribution in [2.45, 2.75) is 25.7 Å². The molecule has 3 rings (SSSR count). The predicted molar refractivity (Wildman–Crippen MR) is 67.0 cm³/mol. The van der Waals surface area contributed by atoms with Crippen molar-refractivity contribution in [2.75, 3.05) is 0 Å². The number of Topliss-reactive ketones (excluding diaryl/α,β-unsaturated/α-hetero) is 1. The van der Waals surface area contributed by atoms with Crippen molar-refractivity contribution in [2.24, 2.45) is 13.0 Å². The van der Waals surface area contributed by atoms with Gasteiger partial charge in [-0.05, 0) is 18.4 Å². The third-order valence-corrected chi connectivity index (χ3v) is 3.50. The van der Waals surface area contributed by atoms with Crippen LogP contribution in [0.5, 0.6) is 0 Å². The fourth-order valence-corrected chi connectivity index (χ4v) is 2.28. The average Bonchev–Trinajstić information content (AvgIpc) is 3.11. The number of aryl methyl sites for hydroxylation is 1. The van der Waals surface area contributed by atoms with Gasteiger partial charge in [0.05, 0.1) is 5.52 Å². The van der Waals surface area contributed by atoms with Crippen LogP contribution in [0.1, 0.15) is 36.2 Å². The summed E-state index contributed by atoms with van der Waals surface area (Å²) in [6.07, 6.45) is 4.28. The molecule has 1 aliphatic carbocycles. The van der Waals surface area contributed by atoms with Gasteiger partial charge in [-0.2, -0.15) is 5.10 Å². The van der Waals surface area contributed by atoms with Crippen molar-refractivity contribution >= 4 is 16.7 Å². The minimum atomic E-state index is 0.189. The van der Waals surface area contributed by atoms with E-state index in [-0.39, 0.29) is 5.78 Å². The van der Waals surface area contributed by atoms with Crippen LogP contribution in [0.3, 0.4) is 0 Å². The van der Waals surface area contributed by atoms with Crippen molar-refractivity contribution in [3.8, 4) is 0 Å². The predicted octanol–water partition coefficient (Wildman–Crippen LogP) is 2.95. The number of aromatic nitrogens is 2. The highest BCUT2D eigenvalue weighted by Gasteiger charge is 2.23. The second-order valence-electron chi connectivity index (χ2n) is 4.89. The Labute approximate surface area is 100 Å². The minimum absolute atomic E-state index is 0.189. The molecule has 1 fully saturated rings. The zero-order valence-corrected chi connectivity index (χ0v) is 10.0. The summed E-state index contributed by atoms with van der Waals surface area (Å²) >= 11 is 0. The fourth-order valence-electron chi connectivity index (χ4n) is 2.28. The molecule has 0 aliphatic heterocycles. The second kappa shape index (κ2) is 3.99. The standard InChI is InChI=1S/C14H16N2O/c1-16-12-5-3-2-4-11(12)14(15-16)13(17)9-8-10-6-7-10/h2-5,10H,6-9H2,1H3. The van der Waals surface area contributed by atoms with E-state index < -0.39 is 0 Å². The van der Waals surface area contributed by atoms with Crippen LogP contribution in [-0.4, -0.2) is 15.6 Å². The summed E-state index contributed by atoms with van der Waals surface area (Å²) in [5, 5.41) is 5.34. The first-order valence-electron chi connectivity index (χ1n) is 6.20. The van der Waals surface area contributed by atoms with E-state index in [1.165, 1.54) is 12.8 Å². The molecular weight excluding hydrogens is 212 g/mol. The van der Waals surface area contributed by atoms with Crippen LogP contribution in [0.4, 0.5) is 0 Å². The molecular formula is C14H16N2O. The molecule has 2 aromatic rings. The number of ketones is 1. The molecule has 1 aromatic heterocycles. The van der Waals surface area contributed by atoms with Gasteiger partial charge in [0.2, 0.25) is 0 Å². The Morgan fingerprint density at radius 3 is 2.94 bits per heavy atom. The number of nitrogens with zero attached hydrogens (tertiary/aromatic N) is 2. The highest BCUT2D eigenvalue weighted by atomic mass is 16.1. The molecule has 3 nitrogen and oxygen atoms in total. The number of hydrogen-bond acceptors (Lipinski definition) is 2. The molecule has 0 spiro atoms. The molecule has 3 heteroatoms. The van der Waals surface area contributed by atoms with Crippen molar-refractivity contribution in [3.05, 3.63) is 30.0 Å². The average molecular weight is 228 g/mol. The Hall–Kier alpha value is -1.64. The highest BCUT2D eigenvalue weighted by molar-refractivity contribution is 6.05. The van der Waals surface area contributed by atoms with E-state index in [9.17, 15) is 4.79 Å². The van der Waals surface area contributed by atoms with Gasteiger partial charge in [-0.25, -0.2) is 0 Å². The third-order valence-electron chi connectivity index (χ3n) is 3.50. The molecule has 0 N–H and O–H groups in total. The summed E-state index contributed by atoms with van der Waals surface area (Å²) in [4.78, 5) is 12.1.